The van der Waals surface area contributed by atoms with Crippen LogP contribution in [-0.4, -0.2) is 25.9 Å². The molecule has 0 bridgehead atoms. The van der Waals surface area contributed by atoms with Gasteiger partial charge in [-0.2, -0.15) is 0 Å². The van der Waals surface area contributed by atoms with Crippen molar-refractivity contribution < 1.29 is 157 Å². The molecule has 0 radical (unpaired) electrons. The second kappa shape index (κ2) is 24.0. The van der Waals surface area contributed by atoms with Gasteiger partial charge in [0.05, 0.1) is 11.4 Å². The van der Waals surface area contributed by atoms with Gasteiger partial charge >= 0.3 is 118 Å². The predicted octanol–water partition coefficient (Wildman–Crippen LogP) is -11.5. The molecule has 40 heavy (non-hydrogen) atoms. The number of rotatable bonds is 17. The van der Waals surface area contributed by atoms with Crippen molar-refractivity contribution in [2.75, 3.05) is 22.9 Å². The molecule has 2 rings (SSSR count). The molecule has 0 saturated heterocycles. The van der Waals surface area contributed by atoms with Crippen molar-refractivity contribution in [2.24, 2.45) is 0 Å². The molecule has 2 amide bonds. The summed E-state index contributed by atoms with van der Waals surface area (Å²) in [5.41, 5.74) is 0.197. The van der Waals surface area contributed by atoms with Crippen molar-refractivity contribution in [3.8, 4) is 0 Å². The van der Waals surface area contributed by atoms with Crippen LogP contribution in [0.25, 0.3) is 0 Å². The molecule has 0 fully saturated rings. The van der Waals surface area contributed by atoms with Gasteiger partial charge in [0, 0.05) is 23.7 Å². The Hall–Kier alpha value is 1.68. The number of hydrogen-bond acceptors (Lipinski definition) is 8. The summed E-state index contributed by atoms with van der Waals surface area (Å²) >= 11 is 0. The fraction of sp³-hybridized carbons (Fsp3) is 0.417. The fourth-order valence-electron chi connectivity index (χ4n) is 3.96. The Morgan fingerprint density at radius 2 is 0.800 bits per heavy atom. The maximum absolute atomic E-state index is 11.5. The average molecular weight is 628 g/mol. The van der Waals surface area contributed by atoms with Crippen LogP contribution >= 0.6 is 15.2 Å². The largest absolute Gasteiger partial charge is 1.00 e. The Balaban J connectivity index is -0.00000342. The van der Waals surface area contributed by atoms with Crippen LogP contribution in [0.3, 0.4) is 0 Å². The van der Waals surface area contributed by atoms with Crippen molar-refractivity contribution in [1.82, 2.24) is 0 Å². The Bertz CT molecular complexity index is 1020. The maximum Gasteiger partial charge on any atom is 1.00 e. The summed E-state index contributed by atoms with van der Waals surface area (Å²) in [6, 6.07) is 11.3. The molecule has 2 aromatic carbocycles. The first-order valence-electron chi connectivity index (χ1n) is 11.8. The number of anilines is 2. The van der Waals surface area contributed by atoms with Gasteiger partial charge in [-0.05, 0) is 40.2 Å². The molecular formula is C24H30N2Na4O8P2. The molecule has 0 N–H and O–H groups in total. The van der Waals surface area contributed by atoms with E-state index in [-0.39, 0.29) is 140 Å². The molecule has 0 aliphatic heterocycles. The molecular weight excluding hydrogens is 598 g/mol. The van der Waals surface area contributed by atoms with Crippen LogP contribution in [0.15, 0.2) is 48.5 Å². The standard InChI is InChI=1S/C24H34N2O8P2.4Na/c27-19-25(21-13-7-9-15-23(21)35(29,30)31)17-11-5-3-1-2-4-6-12-18-26(20-28)22-14-8-10-16-24(22)36(32,33)34;;;;/h7-10,13-16,19-20H,1-6,11-12,17-18H2,(H2,29,30,31)(H2,32,33,34);;;;/q;4*+1/p-4. The molecule has 0 heterocycles. The number of benzene rings is 2. The molecule has 16 heteroatoms. The smallest absolute Gasteiger partial charge is 0.807 e. The van der Waals surface area contributed by atoms with E-state index in [9.17, 15) is 38.3 Å². The topological polar surface area (TPSA) is 167 Å². The van der Waals surface area contributed by atoms with E-state index in [4.69, 9.17) is 0 Å². The molecule has 198 valence electrons. The molecule has 2 aromatic rings. The summed E-state index contributed by atoms with van der Waals surface area (Å²) in [5, 5.41) is -0.771. The molecule has 0 aliphatic carbocycles. The first-order valence-corrected chi connectivity index (χ1v) is 14.9. The van der Waals surface area contributed by atoms with Gasteiger partial charge < -0.3 is 38.5 Å². The minimum Gasteiger partial charge on any atom is -0.807 e. The maximum atomic E-state index is 11.5. The molecule has 0 aliphatic rings. The second-order valence-electron chi connectivity index (χ2n) is 8.40. The molecule has 0 spiro atoms. The van der Waals surface area contributed by atoms with Gasteiger partial charge in [-0.3, -0.25) is 9.59 Å². The zero-order chi connectivity index (χ0) is 26.6. The van der Waals surface area contributed by atoms with E-state index in [0.29, 0.717) is 38.8 Å². The van der Waals surface area contributed by atoms with Crippen LogP contribution in [0.1, 0.15) is 51.4 Å². The van der Waals surface area contributed by atoms with Gasteiger partial charge in [0.25, 0.3) is 0 Å². The number of nitrogens with zero attached hydrogens (tertiary/aromatic N) is 2. The number of carbonyl (C=O) groups is 2. The third-order valence-corrected chi connectivity index (χ3v) is 7.71. The number of hydrogen-bond donors (Lipinski definition) is 0. The van der Waals surface area contributed by atoms with Gasteiger partial charge in [-0.25, -0.2) is 0 Å². The van der Waals surface area contributed by atoms with Crippen molar-refractivity contribution in [3.63, 3.8) is 0 Å². The summed E-state index contributed by atoms with van der Waals surface area (Å²) in [4.78, 5) is 71.2. The molecule has 0 aromatic heterocycles. The van der Waals surface area contributed by atoms with E-state index in [1.54, 1.807) is 12.1 Å². The van der Waals surface area contributed by atoms with Gasteiger partial charge in [-0.1, -0.05) is 74.9 Å². The third kappa shape index (κ3) is 16.1. The first-order chi connectivity index (χ1) is 17.1. The van der Waals surface area contributed by atoms with E-state index < -0.39 is 15.2 Å². The van der Waals surface area contributed by atoms with Gasteiger partial charge in [0.2, 0.25) is 12.8 Å². The van der Waals surface area contributed by atoms with Crippen LogP contribution in [0, 0.1) is 0 Å². The van der Waals surface area contributed by atoms with E-state index in [1.807, 2.05) is 0 Å². The zero-order valence-corrected chi connectivity index (χ0v) is 33.7. The normalized spacial score (nSPS) is 10.6. The summed E-state index contributed by atoms with van der Waals surface area (Å²) in [6.07, 6.45) is 7.81. The van der Waals surface area contributed by atoms with Crippen molar-refractivity contribution in [2.45, 2.75) is 51.4 Å². The summed E-state index contributed by atoms with van der Waals surface area (Å²) in [6.45, 7) is 0.617. The SMILES string of the molecule is O=CN(CCCCCCCCCCN(C=O)c1ccccc1P(=O)([O-])[O-])c1ccccc1P(=O)([O-])[O-].[Na+].[Na+].[Na+].[Na+]. The number of amides is 2. The first kappa shape index (κ1) is 46.1. The van der Waals surface area contributed by atoms with E-state index in [1.165, 1.54) is 46.2 Å². The van der Waals surface area contributed by atoms with Gasteiger partial charge in [0.1, 0.15) is 0 Å². The van der Waals surface area contributed by atoms with Crippen LogP contribution < -0.4 is 158 Å². The van der Waals surface area contributed by atoms with Crippen LogP contribution in [0.2, 0.25) is 0 Å². The summed E-state index contributed by atoms with van der Waals surface area (Å²) in [5.74, 6) is 0. The summed E-state index contributed by atoms with van der Waals surface area (Å²) < 4.78 is 22.9. The van der Waals surface area contributed by atoms with Crippen LogP contribution in [0.4, 0.5) is 11.4 Å². The summed E-state index contributed by atoms with van der Waals surface area (Å²) in [7, 11) is -9.97. The van der Waals surface area contributed by atoms with E-state index >= 15 is 0 Å². The van der Waals surface area contributed by atoms with Crippen molar-refractivity contribution >= 4 is 50.0 Å². The van der Waals surface area contributed by atoms with E-state index in [2.05, 4.69) is 0 Å². The Morgan fingerprint density at radius 1 is 0.525 bits per heavy atom. The molecule has 10 nitrogen and oxygen atoms in total. The molecule has 0 saturated carbocycles. The monoisotopic (exact) mass is 628 g/mol. The Kier molecular flexibility index (Phi) is 27.6. The van der Waals surface area contributed by atoms with Gasteiger partial charge in [0.15, 0.2) is 0 Å². The van der Waals surface area contributed by atoms with Crippen LogP contribution in [0.5, 0.6) is 0 Å². The second-order valence-corrected chi connectivity index (χ2v) is 11.4. The Labute approximate surface area is 324 Å². The van der Waals surface area contributed by atoms with Gasteiger partial charge in [-0.15, -0.1) is 0 Å². The fourth-order valence-corrected chi connectivity index (χ4v) is 5.47. The minimum atomic E-state index is -4.99. The van der Waals surface area contributed by atoms with Crippen molar-refractivity contribution in [3.05, 3.63) is 48.5 Å². The Morgan fingerprint density at radius 3 is 1.07 bits per heavy atom. The zero-order valence-electron chi connectivity index (χ0n) is 23.9. The third-order valence-electron chi connectivity index (χ3n) is 5.77. The van der Waals surface area contributed by atoms with Crippen LogP contribution in [-0.2, 0) is 18.7 Å². The average Bonchev–Trinajstić information content (AvgIpc) is 2.84. The predicted molar refractivity (Wildman–Crippen MR) is 131 cm³/mol. The van der Waals surface area contributed by atoms with E-state index in [0.717, 1.165) is 38.5 Å². The number of carbonyl (C=O) groups excluding carboxylic acids is 2. The minimum absolute atomic E-state index is 0. The molecule has 0 atom stereocenters. The quantitative estimate of drug-likeness (QED) is 0.0721. The number of unbranched alkanes of at least 4 members (excludes halogenated alkanes) is 7. The number of para-hydroxylation sites is 2. The molecule has 0 unspecified atom stereocenters. The van der Waals surface area contributed by atoms with Crippen molar-refractivity contribution in [1.29, 1.82) is 0 Å².